The fraction of sp³-hybridized carbons (Fsp3) is 0. The Morgan fingerprint density at radius 3 is 1.30 bits per heavy atom. The Morgan fingerprint density at radius 2 is 1.10 bits per heavy atom. The van der Waals surface area contributed by atoms with E-state index >= 15 is 0 Å². The molecule has 0 aliphatic heterocycles. The largest absolute Gasteiger partial charge is 0.412 e. The summed E-state index contributed by atoms with van der Waals surface area (Å²) in [6.07, 6.45) is 0. The fourth-order valence-corrected chi connectivity index (χ4v) is 0.511. The molecular formula is C6H12N2O2. The lowest BCUT2D eigenvalue weighted by atomic mass is 10.3. The summed E-state index contributed by atoms with van der Waals surface area (Å²) in [6.45, 7) is 0. The molecular weight excluding hydrogens is 132 g/mol. The van der Waals surface area contributed by atoms with E-state index in [9.17, 15) is 0 Å². The highest BCUT2D eigenvalue weighted by molar-refractivity contribution is 5.62. The SMILES string of the molecule is Nc1ccccc1N.O.O. The lowest BCUT2D eigenvalue weighted by molar-refractivity contribution is 0.823. The highest BCUT2D eigenvalue weighted by Crippen LogP contribution is 2.10. The van der Waals surface area contributed by atoms with Crippen molar-refractivity contribution in [3.05, 3.63) is 24.3 Å². The van der Waals surface area contributed by atoms with Crippen molar-refractivity contribution in [2.45, 2.75) is 0 Å². The first-order chi connectivity index (χ1) is 3.80. The second-order valence-electron chi connectivity index (χ2n) is 1.63. The standard InChI is InChI=1S/C6H8N2.2H2O/c7-5-3-1-2-4-6(5)8;;/h1-4H,7-8H2;2*1H2. The molecule has 0 aromatic heterocycles. The number of anilines is 2. The van der Waals surface area contributed by atoms with Crippen LogP contribution in [0.25, 0.3) is 0 Å². The molecule has 0 saturated heterocycles. The van der Waals surface area contributed by atoms with Gasteiger partial charge in [0.05, 0.1) is 11.4 Å². The van der Waals surface area contributed by atoms with Gasteiger partial charge in [-0.3, -0.25) is 0 Å². The minimum absolute atomic E-state index is 0. The van der Waals surface area contributed by atoms with E-state index in [2.05, 4.69) is 0 Å². The molecule has 0 bridgehead atoms. The molecule has 1 aromatic carbocycles. The van der Waals surface area contributed by atoms with Crippen LogP contribution in [-0.2, 0) is 0 Å². The highest BCUT2D eigenvalue weighted by atomic mass is 16.0. The first-order valence-electron chi connectivity index (χ1n) is 2.40. The minimum atomic E-state index is 0. The normalized spacial score (nSPS) is 7.20. The molecule has 0 aliphatic carbocycles. The quantitative estimate of drug-likeness (QED) is 0.464. The maximum atomic E-state index is 5.39. The summed E-state index contributed by atoms with van der Waals surface area (Å²) < 4.78 is 0. The third-order valence-electron chi connectivity index (χ3n) is 0.996. The summed E-state index contributed by atoms with van der Waals surface area (Å²) >= 11 is 0. The van der Waals surface area contributed by atoms with Crippen molar-refractivity contribution >= 4 is 11.4 Å². The zero-order valence-corrected chi connectivity index (χ0v) is 5.46. The zero-order valence-electron chi connectivity index (χ0n) is 5.46. The Kier molecular flexibility index (Phi) is 5.31. The lowest BCUT2D eigenvalue weighted by Crippen LogP contribution is -1.91. The number of rotatable bonds is 0. The molecule has 0 fully saturated rings. The van der Waals surface area contributed by atoms with Crippen molar-refractivity contribution in [2.24, 2.45) is 0 Å². The molecule has 1 rings (SSSR count). The number of hydrogen-bond acceptors (Lipinski definition) is 2. The van der Waals surface area contributed by atoms with Crippen LogP contribution in [0.5, 0.6) is 0 Å². The van der Waals surface area contributed by atoms with Crippen LogP contribution in [-0.4, -0.2) is 11.0 Å². The summed E-state index contributed by atoms with van der Waals surface area (Å²) in [6, 6.07) is 7.25. The first-order valence-corrected chi connectivity index (χ1v) is 2.40. The monoisotopic (exact) mass is 144 g/mol. The highest BCUT2D eigenvalue weighted by Gasteiger charge is 1.85. The number of nitrogens with two attached hydrogens (primary N) is 2. The Bertz CT molecular complexity index is 170. The Balaban J connectivity index is 0. The number of hydrogen-bond donors (Lipinski definition) is 2. The average Bonchev–Trinajstić information content (AvgIpc) is 1.77. The molecule has 58 valence electrons. The summed E-state index contributed by atoms with van der Waals surface area (Å²) in [7, 11) is 0. The van der Waals surface area contributed by atoms with Crippen LogP contribution in [0.3, 0.4) is 0 Å². The van der Waals surface area contributed by atoms with Crippen molar-refractivity contribution in [3.8, 4) is 0 Å². The number of benzene rings is 1. The van der Waals surface area contributed by atoms with E-state index in [1.54, 1.807) is 12.1 Å². The molecule has 8 N–H and O–H groups in total. The van der Waals surface area contributed by atoms with Gasteiger partial charge in [0.1, 0.15) is 0 Å². The minimum Gasteiger partial charge on any atom is -0.412 e. The topological polar surface area (TPSA) is 115 Å². The first kappa shape index (κ1) is 11.5. The summed E-state index contributed by atoms with van der Waals surface area (Å²) in [5.41, 5.74) is 12.1. The van der Waals surface area contributed by atoms with Crippen LogP contribution < -0.4 is 11.5 Å². The molecule has 0 radical (unpaired) electrons. The second kappa shape index (κ2) is 4.60. The van der Waals surface area contributed by atoms with Crippen LogP contribution >= 0.6 is 0 Å². The predicted molar refractivity (Wildman–Crippen MR) is 42.5 cm³/mol. The maximum Gasteiger partial charge on any atom is 0.0547 e. The fourth-order valence-electron chi connectivity index (χ4n) is 0.511. The van der Waals surface area contributed by atoms with Crippen molar-refractivity contribution in [2.75, 3.05) is 11.5 Å². The van der Waals surface area contributed by atoms with Crippen LogP contribution in [0.2, 0.25) is 0 Å². The van der Waals surface area contributed by atoms with Gasteiger partial charge in [0.2, 0.25) is 0 Å². The molecule has 0 unspecified atom stereocenters. The second-order valence-corrected chi connectivity index (χ2v) is 1.63. The van der Waals surface area contributed by atoms with Gasteiger partial charge in [-0.25, -0.2) is 0 Å². The zero-order chi connectivity index (χ0) is 5.98. The van der Waals surface area contributed by atoms with Gasteiger partial charge in [0.25, 0.3) is 0 Å². The van der Waals surface area contributed by atoms with E-state index in [4.69, 9.17) is 11.5 Å². The van der Waals surface area contributed by atoms with Gasteiger partial charge in [-0.05, 0) is 12.1 Å². The Hall–Kier alpha value is -1.26. The van der Waals surface area contributed by atoms with Gasteiger partial charge in [-0.1, -0.05) is 12.1 Å². The third-order valence-corrected chi connectivity index (χ3v) is 0.996. The van der Waals surface area contributed by atoms with Gasteiger partial charge in [-0.2, -0.15) is 0 Å². The smallest absolute Gasteiger partial charge is 0.0547 e. The van der Waals surface area contributed by atoms with E-state index in [-0.39, 0.29) is 11.0 Å². The van der Waals surface area contributed by atoms with Gasteiger partial charge in [0, 0.05) is 0 Å². The van der Waals surface area contributed by atoms with Crippen LogP contribution in [0.4, 0.5) is 11.4 Å². The van der Waals surface area contributed by atoms with Crippen LogP contribution in [0, 0.1) is 0 Å². The average molecular weight is 144 g/mol. The van der Waals surface area contributed by atoms with Crippen molar-refractivity contribution in [1.82, 2.24) is 0 Å². The number of nitrogen functional groups attached to an aromatic ring is 2. The Morgan fingerprint density at radius 1 is 0.800 bits per heavy atom. The molecule has 0 saturated carbocycles. The van der Waals surface area contributed by atoms with E-state index in [0.717, 1.165) is 0 Å². The van der Waals surface area contributed by atoms with Crippen LogP contribution in [0.1, 0.15) is 0 Å². The predicted octanol–water partition coefficient (Wildman–Crippen LogP) is -0.798. The van der Waals surface area contributed by atoms with E-state index in [1.165, 1.54) is 0 Å². The van der Waals surface area contributed by atoms with Crippen molar-refractivity contribution < 1.29 is 11.0 Å². The summed E-state index contributed by atoms with van der Waals surface area (Å²) in [5.74, 6) is 0. The molecule has 0 amide bonds. The number of para-hydroxylation sites is 2. The molecule has 0 heterocycles. The van der Waals surface area contributed by atoms with E-state index < -0.39 is 0 Å². The van der Waals surface area contributed by atoms with Crippen LogP contribution in [0.15, 0.2) is 24.3 Å². The van der Waals surface area contributed by atoms with Crippen molar-refractivity contribution in [3.63, 3.8) is 0 Å². The molecule has 1 aromatic rings. The lowest BCUT2D eigenvalue weighted by Gasteiger charge is -1.94. The maximum absolute atomic E-state index is 5.39. The molecule has 4 heteroatoms. The molecule has 4 nitrogen and oxygen atoms in total. The van der Waals surface area contributed by atoms with E-state index in [1.807, 2.05) is 12.1 Å². The van der Waals surface area contributed by atoms with Crippen molar-refractivity contribution in [1.29, 1.82) is 0 Å². The van der Waals surface area contributed by atoms with E-state index in [0.29, 0.717) is 11.4 Å². The third kappa shape index (κ3) is 2.34. The molecule has 0 atom stereocenters. The van der Waals surface area contributed by atoms with Gasteiger partial charge < -0.3 is 22.4 Å². The molecule has 0 aliphatic rings. The Labute approximate surface area is 59.1 Å². The van der Waals surface area contributed by atoms with Gasteiger partial charge in [0.15, 0.2) is 0 Å². The van der Waals surface area contributed by atoms with Gasteiger partial charge >= 0.3 is 0 Å². The van der Waals surface area contributed by atoms with Gasteiger partial charge in [-0.15, -0.1) is 0 Å². The molecule has 0 spiro atoms. The summed E-state index contributed by atoms with van der Waals surface area (Å²) in [5, 5.41) is 0. The molecule has 10 heavy (non-hydrogen) atoms. The summed E-state index contributed by atoms with van der Waals surface area (Å²) in [4.78, 5) is 0.